The zero-order valence-electron chi connectivity index (χ0n) is 13.7. The van der Waals surface area contributed by atoms with Crippen LogP contribution < -0.4 is 10.2 Å². The van der Waals surface area contributed by atoms with Crippen LogP contribution in [0.4, 0.5) is 5.82 Å². The average Bonchev–Trinajstić information content (AvgIpc) is 3.47. The summed E-state index contributed by atoms with van der Waals surface area (Å²) >= 11 is 0. The molecule has 5 nitrogen and oxygen atoms in total. The fourth-order valence-corrected chi connectivity index (χ4v) is 3.20. The van der Waals surface area contributed by atoms with Crippen molar-refractivity contribution >= 4 is 11.7 Å². The second kappa shape index (κ2) is 6.59. The largest absolute Gasteiger partial charge is 0.356 e. The molecule has 2 aromatic rings. The Kier molecular flexibility index (Phi) is 4.15. The molecule has 4 rings (SSSR count). The van der Waals surface area contributed by atoms with Crippen molar-refractivity contribution < 1.29 is 4.79 Å². The zero-order chi connectivity index (χ0) is 16.4. The maximum Gasteiger partial charge on any atom is 0.223 e. The normalized spacial score (nSPS) is 18.4. The van der Waals surface area contributed by atoms with Gasteiger partial charge in [0.25, 0.3) is 0 Å². The fraction of sp³-hybridized carbons (Fsp3) is 0.421. The van der Waals surface area contributed by atoms with Gasteiger partial charge in [0.05, 0.1) is 5.69 Å². The molecule has 2 heterocycles. The van der Waals surface area contributed by atoms with Crippen LogP contribution >= 0.6 is 0 Å². The highest BCUT2D eigenvalue weighted by molar-refractivity contribution is 5.79. The number of nitrogens with zero attached hydrogens (tertiary/aromatic N) is 3. The molecule has 0 unspecified atom stereocenters. The maximum atomic E-state index is 12.2. The number of carbonyl (C=O) groups is 1. The van der Waals surface area contributed by atoms with Crippen molar-refractivity contribution in [1.82, 2.24) is 15.3 Å². The number of hydrogen-bond donors (Lipinski definition) is 1. The van der Waals surface area contributed by atoms with Crippen LogP contribution in [-0.4, -0.2) is 35.0 Å². The molecule has 1 N–H and O–H groups in total. The molecule has 0 radical (unpaired) electrons. The highest BCUT2D eigenvalue weighted by Gasteiger charge is 2.30. The fourth-order valence-electron chi connectivity index (χ4n) is 3.20. The molecular formula is C19H22N4O. The zero-order valence-corrected chi connectivity index (χ0v) is 13.7. The van der Waals surface area contributed by atoms with Gasteiger partial charge in [-0.05, 0) is 25.7 Å². The van der Waals surface area contributed by atoms with Crippen LogP contribution in [0.1, 0.15) is 25.7 Å². The van der Waals surface area contributed by atoms with Crippen molar-refractivity contribution in [2.75, 3.05) is 18.0 Å². The molecule has 2 fully saturated rings. The van der Waals surface area contributed by atoms with Crippen molar-refractivity contribution in [3.8, 4) is 11.3 Å². The Morgan fingerprint density at radius 2 is 1.79 bits per heavy atom. The Hall–Kier alpha value is -2.43. The van der Waals surface area contributed by atoms with Crippen LogP contribution in [0.5, 0.6) is 0 Å². The highest BCUT2D eigenvalue weighted by atomic mass is 16.2. The minimum Gasteiger partial charge on any atom is -0.356 e. The van der Waals surface area contributed by atoms with Crippen molar-refractivity contribution in [2.45, 2.75) is 31.7 Å². The van der Waals surface area contributed by atoms with E-state index in [4.69, 9.17) is 0 Å². The lowest BCUT2D eigenvalue weighted by Gasteiger charge is -2.32. The molecule has 1 saturated carbocycles. The number of benzene rings is 1. The summed E-state index contributed by atoms with van der Waals surface area (Å²) in [6.07, 6.45) is 5.71. The Bertz CT molecular complexity index is 706. The number of anilines is 1. The number of rotatable bonds is 4. The summed E-state index contributed by atoms with van der Waals surface area (Å²) in [5.41, 5.74) is 2.04. The Labute approximate surface area is 142 Å². The monoisotopic (exact) mass is 322 g/mol. The number of carbonyl (C=O) groups excluding carboxylic acids is 1. The first kappa shape index (κ1) is 15.1. The Morgan fingerprint density at radius 3 is 2.50 bits per heavy atom. The van der Waals surface area contributed by atoms with Gasteiger partial charge in [-0.15, -0.1) is 0 Å². The van der Waals surface area contributed by atoms with Gasteiger partial charge >= 0.3 is 0 Å². The van der Waals surface area contributed by atoms with Gasteiger partial charge in [0.2, 0.25) is 5.91 Å². The molecule has 0 atom stereocenters. The van der Waals surface area contributed by atoms with Crippen LogP contribution in [0.25, 0.3) is 11.3 Å². The van der Waals surface area contributed by atoms with E-state index in [2.05, 4.69) is 32.3 Å². The lowest BCUT2D eigenvalue weighted by atomic mass is 9.96. The van der Waals surface area contributed by atoms with Gasteiger partial charge in [-0.1, -0.05) is 30.3 Å². The van der Waals surface area contributed by atoms with E-state index in [0.717, 1.165) is 55.8 Å². The number of hydrogen-bond acceptors (Lipinski definition) is 4. The SMILES string of the molecule is O=C(NC1CC1)C1CCN(c2cc(-c3ccccc3)ncn2)CC1. The number of nitrogens with one attached hydrogen (secondary N) is 1. The van der Waals surface area contributed by atoms with E-state index in [1.807, 2.05) is 24.3 Å². The lowest BCUT2D eigenvalue weighted by molar-refractivity contribution is -0.125. The lowest BCUT2D eigenvalue weighted by Crippen LogP contribution is -2.41. The molecule has 0 spiro atoms. The minimum atomic E-state index is 0.150. The van der Waals surface area contributed by atoms with E-state index in [9.17, 15) is 4.79 Å². The molecule has 1 aliphatic heterocycles. The third-order valence-corrected chi connectivity index (χ3v) is 4.84. The van der Waals surface area contributed by atoms with Gasteiger partial charge in [-0.2, -0.15) is 0 Å². The third-order valence-electron chi connectivity index (χ3n) is 4.84. The maximum absolute atomic E-state index is 12.2. The van der Waals surface area contributed by atoms with Gasteiger partial charge in [-0.3, -0.25) is 4.79 Å². The Balaban J connectivity index is 1.41. The van der Waals surface area contributed by atoms with Crippen LogP contribution in [0.3, 0.4) is 0 Å². The summed E-state index contributed by atoms with van der Waals surface area (Å²) in [5.74, 6) is 1.34. The first-order valence-corrected chi connectivity index (χ1v) is 8.72. The van der Waals surface area contributed by atoms with Gasteiger partial charge in [-0.25, -0.2) is 9.97 Å². The highest BCUT2D eigenvalue weighted by Crippen LogP contribution is 2.26. The summed E-state index contributed by atoms with van der Waals surface area (Å²) in [6, 6.07) is 12.6. The van der Waals surface area contributed by atoms with Gasteiger partial charge in [0.1, 0.15) is 12.1 Å². The molecule has 24 heavy (non-hydrogen) atoms. The van der Waals surface area contributed by atoms with Gasteiger partial charge in [0.15, 0.2) is 0 Å². The molecule has 1 aliphatic carbocycles. The smallest absolute Gasteiger partial charge is 0.223 e. The van der Waals surface area contributed by atoms with E-state index in [0.29, 0.717) is 6.04 Å². The van der Waals surface area contributed by atoms with Gasteiger partial charge < -0.3 is 10.2 Å². The molecule has 1 aromatic heterocycles. The molecular weight excluding hydrogens is 300 g/mol. The summed E-state index contributed by atoms with van der Waals surface area (Å²) in [6.45, 7) is 1.74. The van der Waals surface area contributed by atoms with Crippen LogP contribution in [0.2, 0.25) is 0 Å². The Morgan fingerprint density at radius 1 is 1.04 bits per heavy atom. The topological polar surface area (TPSA) is 58.1 Å². The number of aromatic nitrogens is 2. The molecule has 1 saturated heterocycles. The second-order valence-corrected chi connectivity index (χ2v) is 6.67. The molecule has 1 amide bonds. The third kappa shape index (κ3) is 3.40. The summed E-state index contributed by atoms with van der Waals surface area (Å²) in [5, 5.41) is 3.13. The van der Waals surface area contributed by atoms with Crippen molar-refractivity contribution in [3.63, 3.8) is 0 Å². The van der Waals surface area contributed by atoms with Crippen molar-refractivity contribution in [2.24, 2.45) is 5.92 Å². The molecule has 2 aliphatic rings. The van der Waals surface area contributed by atoms with Crippen LogP contribution in [0, 0.1) is 5.92 Å². The number of amides is 1. The predicted molar refractivity (Wildman–Crippen MR) is 93.6 cm³/mol. The van der Waals surface area contributed by atoms with E-state index >= 15 is 0 Å². The van der Waals surface area contributed by atoms with Crippen molar-refractivity contribution in [1.29, 1.82) is 0 Å². The average molecular weight is 322 g/mol. The number of piperidine rings is 1. The van der Waals surface area contributed by atoms with Gasteiger partial charge in [0, 0.05) is 36.7 Å². The summed E-state index contributed by atoms with van der Waals surface area (Å²) < 4.78 is 0. The molecule has 1 aromatic carbocycles. The second-order valence-electron chi connectivity index (χ2n) is 6.67. The van der Waals surface area contributed by atoms with Crippen molar-refractivity contribution in [3.05, 3.63) is 42.7 Å². The standard InChI is InChI=1S/C19H22N4O/c24-19(22-16-6-7-16)15-8-10-23(11-9-15)18-12-17(20-13-21-18)14-4-2-1-3-5-14/h1-5,12-13,15-16H,6-11H2,(H,22,24). The van der Waals surface area contributed by atoms with E-state index < -0.39 is 0 Å². The predicted octanol–water partition coefficient (Wildman–Crippen LogP) is 2.64. The summed E-state index contributed by atoms with van der Waals surface area (Å²) in [4.78, 5) is 23.3. The van der Waals surface area contributed by atoms with E-state index in [-0.39, 0.29) is 11.8 Å². The van der Waals surface area contributed by atoms with Crippen LogP contribution in [-0.2, 0) is 4.79 Å². The first-order valence-electron chi connectivity index (χ1n) is 8.72. The minimum absolute atomic E-state index is 0.150. The molecule has 124 valence electrons. The van der Waals surface area contributed by atoms with Crippen LogP contribution in [0.15, 0.2) is 42.7 Å². The van der Waals surface area contributed by atoms with E-state index in [1.165, 1.54) is 0 Å². The molecule has 5 heteroatoms. The first-order chi connectivity index (χ1) is 11.8. The summed E-state index contributed by atoms with van der Waals surface area (Å²) in [7, 11) is 0. The quantitative estimate of drug-likeness (QED) is 0.940. The van der Waals surface area contributed by atoms with E-state index in [1.54, 1.807) is 6.33 Å². The molecule has 0 bridgehead atoms.